The Labute approximate surface area is 221 Å². The zero-order valence-electron chi connectivity index (χ0n) is 22.4. The first kappa shape index (κ1) is 30.0. The molecule has 5 nitrogen and oxygen atoms in total. The molecular formula is C29H38O5SSi. The Morgan fingerprint density at radius 2 is 1.89 bits per heavy atom. The Morgan fingerprint density at radius 1 is 1.25 bits per heavy atom. The minimum absolute atomic E-state index is 0.00342. The lowest BCUT2D eigenvalue weighted by atomic mass is 9.75. The molecular weight excluding hydrogens is 488 g/mol. The molecule has 0 saturated heterocycles. The van der Waals surface area contributed by atoms with E-state index in [1.54, 1.807) is 18.2 Å². The zero-order valence-corrected chi connectivity index (χ0v) is 24.2. The molecule has 0 spiro atoms. The average Bonchev–Trinajstić information content (AvgIpc) is 2.82. The van der Waals surface area contributed by atoms with Crippen molar-refractivity contribution in [3.63, 3.8) is 0 Å². The molecule has 0 radical (unpaired) electrons. The third kappa shape index (κ3) is 6.94. The molecule has 0 saturated carbocycles. The predicted molar refractivity (Wildman–Crippen MR) is 149 cm³/mol. The van der Waals surface area contributed by atoms with Crippen molar-refractivity contribution in [3.05, 3.63) is 55.1 Å². The third-order valence-electron chi connectivity index (χ3n) is 6.80. The van der Waals surface area contributed by atoms with Crippen LogP contribution in [0.3, 0.4) is 0 Å². The minimum atomic E-state index is -2.43. The molecule has 36 heavy (non-hydrogen) atoms. The molecule has 0 bridgehead atoms. The molecule has 7 heteroatoms. The smallest absolute Gasteiger partial charge is 0.308 e. The number of methoxy groups -OCH3 is 1. The summed E-state index contributed by atoms with van der Waals surface area (Å²) in [6.07, 6.45) is 4.43. The predicted octanol–water partition coefficient (Wildman–Crippen LogP) is 6.14. The van der Waals surface area contributed by atoms with Crippen LogP contribution in [0.15, 0.2) is 60.0 Å². The Hall–Kier alpha value is -2.26. The molecule has 4 atom stereocenters. The molecule has 1 aliphatic carbocycles. The SMILES string of the molecule is C=C[C@]1(Sc2ccccc2)[C@@H](C(=O)O)C[C@H](OCOC)C#C/C=C\C#C[C@@]1(C)O[Si](C)(C)C(C)(C)C. The first-order valence-electron chi connectivity index (χ1n) is 11.9. The van der Waals surface area contributed by atoms with Gasteiger partial charge in [-0.3, -0.25) is 4.79 Å². The van der Waals surface area contributed by atoms with E-state index in [0.717, 1.165) is 4.90 Å². The van der Waals surface area contributed by atoms with Gasteiger partial charge in [-0.2, -0.15) is 0 Å². The summed E-state index contributed by atoms with van der Waals surface area (Å²) in [6, 6.07) is 9.70. The van der Waals surface area contributed by atoms with Crippen LogP contribution in [0.5, 0.6) is 0 Å². The Kier molecular flexibility index (Phi) is 10.3. The summed E-state index contributed by atoms with van der Waals surface area (Å²) in [6.45, 7) is 16.8. The van der Waals surface area contributed by atoms with Crippen LogP contribution in [0.25, 0.3) is 0 Å². The van der Waals surface area contributed by atoms with Crippen LogP contribution in [0.4, 0.5) is 0 Å². The number of ether oxygens (including phenoxy) is 2. The minimum Gasteiger partial charge on any atom is -0.481 e. The Bertz CT molecular complexity index is 1070. The maximum Gasteiger partial charge on any atom is 0.308 e. The van der Waals surface area contributed by atoms with E-state index in [1.165, 1.54) is 18.9 Å². The lowest BCUT2D eigenvalue weighted by Crippen LogP contribution is -2.61. The van der Waals surface area contributed by atoms with E-state index in [0.29, 0.717) is 0 Å². The molecule has 1 aromatic carbocycles. The van der Waals surface area contributed by atoms with Crippen molar-refractivity contribution in [3.8, 4) is 23.7 Å². The van der Waals surface area contributed by atoms with Crippen molar-refractivity contribution in [2.75, 3.05) is 13.9 Å². The van der Waals surface area contributed by atoms with E-state index in [-0.39, 0.29) is 18.3 Å². The standard InChI is InChI=1S/C29H38O5SSi/c1-9-29(35-24-18-14-12-15-19-24)25(26(30)31)21-23(33-22-32-6)17-13-10-11-16-20-28(29,5)34-36(7,8)27(2,3)4/h9-12,14-15,18-19,23,25H,1,21-22H2,2-8H3,(H,30,31)/b11-10-/t23-,25-,28-,29+/m1/s1. The molecule has 0 aromatic heterocycles. The van der Waals surface area contributed by atoms with E-state index in [2.05, 4.69) is 64.1 Å². The van der Waals surface area contributed by atoms with E-state index in [9.17, 15) is 9.90 Å². The topological polar surface area (TPSA) is 65.0 Å². The molecule has 0 unspecified atom stereocenters. The first-order chi connectivity index (χ1) is 16.8. The van der Waals surface area contributed by atoms with Gasteiger partial charge >= 0.3 is 5.97 Å². The normalized spacial score (nSPS) is 27.4. The summed E-state index contributed by atoms with van der Waals surface area (Å²) in [4.78, 5) is 13.9. The van der Waals surface area contributed by atoms with Crippen LogP contribution in [-0.4, -0.2) is 49.7 Å². The number of carboxylic acid groups (broad SMARTS) is 1. The summed E-state index contributed by atoms with van der Waals surface area (Å²) in [5, 5.41) is 10.5. The number of thioether (sulfide) groups is 1. The highest BCUT2D eigenvalue weighted by Gasteiger charge is 2.58. The van der Waals surface area contributed by atoms with E-state index in [1.807, 2.05) is 37.3 Å². The summed E-state index contributed by atoms with van der Waals surface area (Å²) >= 11 is 1.41. The molecule has 0 amide bonds. The van der Waals surface area contributed by atoms with Gasteiger partial charge in [-0.25, -0.2) is 0 Å². The van der Waals surface area contributed by atoms with Gasteiger partial charge in [-0.1, -0.05) is 68.7 Å². The maximum atomic E-state index is 13.0. The van der Waals surface area contributed by atoms with Gasteiger partial charge in [-0.15, -0.1) is 18.3 Å². The van der Waals surface area contributed by atoms with Crippen LogP contribution < -0.4 is 0 Å². The molecule has 2 rings (SSSR count). The van der Waals surface area contributed by atoms with Gasteiger partial charge in [0.05, 0.1) is 10.7 Å². The van der Waals surface area contributed by atoms with Gasteiger partial charge < -0.3 is 19.0 Å². The first-order valence-corrected chi connectivity index (χ1v) is 15.6. The summed E-state index contributed by atoms with van der Waals surface area (Å²) in [5.41, 5.74) is -1.21. The summed E-state index contributed by atoms with van der Waals surface area (Å²) < 4.78 is 16.7. The van der Waals surface area contributed by atoms with Crippen molar-refractivity contribution < 1.29 is 23.8 Å². The maximum absolute atomic E-state index is 13.0. The number of hydrogen-bond acceptors (Lipinski definition) is 5. The second-order valence-electron chi connectivity index (χ2n) is 10.4. The lowest BCUT2D eigenvalue weighted by Gasteiger charge is -2.52. The number of allylic oxidation sites excluding steroid dienone is 2. The van der Waals surface area contributed by atoms with Crippen LogP contribution in [0.2, 0.25) is 18.1 Å². The van der Waals surface area contributed by atoms with Crippen molar-refractivity contribution in [1.82, 2.24) is 0 Å². The summed E-state index contributed by atoms with van der Waals surface area (Å²) in [7, 11) is -0.915. The highest BCUT2D eigenvalue weighted by molar-refractivity contribution is 8.01. The van der Waals surface area contributed by atoms with Crippen molar-refractivity contribution >= 4 is 26.0 Å². The average molecular weight is 527 g/mol. The van der Waals surface area contributed by atoms with Gasteiger partial charge in [0.25, 0.3) is 0 Å². The molecule has 0 fully saturated rings. The van der Waals surface area contributed by atoms with Gasteiger partial charge in [0, 0.05) is 18.4 Å². The van der Waals surface area contributed by atoms with Gasteiger partial charge in [0.2, 0.25) is 0 Å². The van der Waals surface area contributed by atoms with Gasteiger partial charge in [-0.05, 0) is 49.3 Å². The lowest BCUT2D eigenvalue weighted by molar-refractivity contribution is -0.146. The van der Waals surface area contributed by atoms with Gasteiger partial charge in [0.15, 0.2) is 8.32 Å². The van der Waals surface area contributed by atoms with Crippen molar-refractivity contribution in [2.24, 2.45) is 5.92 Å². The number of carbonyl (C=O) groups is 1. The monoisotopic (exact) mass is 526 g/mol. The van der Waals surface area contributed by atoms with Crippen LogP contribution in [0, 0.1) is 29.6 Å². The van der Waals surface area contributed by atoms with Gasteiger partial charge in [0.1, 0.15) is 18.5 Å². The quantitative estimate of drug-likeness (QED) is 0.180. The molecule has 0 heterocycles. The van der Waals surface area contributed by atoms with Crippen LogP contribution in [-0.2, 0) is 18.7 Å². The highest BCUT2D eigenvalue weighted by atomic mass is 32.2. The fourth-order valence-corrected chi connectivity index (χ4v) is 6.84. The largest absolute Gasteiger partial charge is 0.481 e. The zero-order chi connectivity index (χ0) is 27.0. The Balaban J connectivity index is 2.86. The number of hydrogen-bond donors (Lipinski definition) is 1. The molecule has 1 aromatic rings. The molecule has 0 aliphatic heterocycles. The number of aliphatic carboxylic acids is 1. The van der Waals surface area contributed by atoms with E-state index in [4.69, 9.17) is 13.9 Å². The van der Waals surface area contributed by atoms with Crippen LogP contribution >= 0.6 is 11.8 Å². The molecule has 1 N–H and O–H groups in total. The Morgan fingerprint density at radius 3 is 2.44 bits per heavy atom. The summed E-state index contributed by atoms with van der Waals surface area (Å²) in [5.74, 6) is 10.4. The second-order valence-corrected chi connectivity index (χ2v) is 16.5. The van der Waals surface area contributed by atoms with Crippen molar-refractivity contribution in [1.29, 1.82) is 0 Å². The van der Waals surface area contributed by atoms with Crippen LogP contribution in [0.1, 0.15) is 34.1 Å². The fraction of sp³-hybridized carbons (Fsp3) is 0.483. The second kappa shape index (κ2) is 12.3. The fourth-order valence-electron chi connectivity index (χ4n) is 3.83. The number of rotatable bonds is 9. The van der Waals surface area contributed by atoms with E-state index >= 15 is 0 Å². The number of carboxylic acids is 1. The van der Waals surface area contributed by atoms with E-state index < -0.39 is 36.7 Å². The van der Waals surface area contributed by atoms with Crippen molar-refractivity contribution in [2.45, 2.75) is 73.6 Å². The molecule has 194 valence electrons. The number of benzene rings is 1. The third-order valence-corrected chi connectivity index (χ3v) is 13.0. The highest BCUT2D eigenvalue weighted by Crippen LogP contribution is 2.53. The molecule has 1 aliphatic rings.